The molecule has 0 saturated heterocycles. The van der Waals surface area contributed by atoms with Crippen molar-refractivity contribution >= 4 is 21.6 Å². The molecule has 0 aromatic rings. The quantitative estimate of drug-likeness (QED) is 0.646. The highest BCUT2D eigenvalue weighted by Crippen LogP contribution is 2.07. The molecule has 0 heterocycles. The molecule has 0 aromatic carbocycles. The molecule has 0 aliphatic rings. The molecule has 80 valence electrons. The maximum absolute atomic E-state index is 11.6. The van der Waals surface area contributed by atoms with E-state index >= 15 is 0 Å². The smallest absolute Gasteiger partial charge is 0.212 e. The third kappa shape index (κ3) is 4.84. The van der Waals surface area contributed by atoms with Crippen LogP contribution >= 0.6 is 11.6 Å². The van der Waals surface area contributed by atoms with Gasteiger partial charge >= 0.3 is 0 Å². The van der Waals surface area contributed by atoms with Crippen molar-refractivity contribution in [3.05, 3.63) is 0 Å². The summed E-state index contributed by atoms with van der Waals surface area (Å²) in [5, 5.41) is 0. The van der Waals surface area contributed by atoms with Gasteiger partial charge in [0.2, 0.25) is 10.0 Å². The van der Waals surface area contributed by atoms with Crippen molar-refractivity contribution in [2.75, 3.05) is 25.2 Å². The number of sulfonamides is 1. The van der Waals surface area contributed by atoms with Crippen LogP contribution in [0.3, 0.4) is 0 Å². The zero-order valence-corrected chi connectivity index (χ0v) is 10.0. The van der Waals surface area contributed by atoms with E-state index in [4.69, 9.17) is 11.6 Å². The van der Waals surface area contributed by atoms with Gasteiger partial charge in [-0.05, 0) is 12.3 Å². The molecule has 1 atom stereocenters. The topological polar surface area (TPSA) is 37.4 Å². The minimum atomic E-state index is -3.08. The summed E-state index contributed by atoms with van der Waals surface area (Å²) < 4.78 is 24.5. The molecule has 0 aliphatic heterocycles. The lowest BCUT2D eigenvalue weighted by molar-refractivity contribution is 0.462. The Labute approximate surface area is 86.1 Å². The second-order valence-electron chi connectivity index (χ2n) is 3.36. The van der Waals surface area contributed by atoms with Gasteiger partial charge in [0.25, 0.3) is 0 Å². The van der Waals surface area contributed by atoms with E-state index in [0.717, 1.165) is 6.42 Å². The first kappa shape index (κ1) is 13.2. The van der Waals surface area contributed by atoms with Crippen LogP contribution in [0.4, 0.5) is 0 Å². The van der Waals surface area contributed by atoms with Crippen LogP contribution in [0, 0.1) is 5.92 Å². The van der Waals surface area contributed by atoms with Crippen molar-refractivity contribution in [3.63, 3.8) is 0 Å². The molecule has 3 nitrogen and oxygen atoms in total. The van der Waals surface area contributed by atoms with Crippen molar-refractivity contribution in [1.82, 2.24) is 4.31 Å². The Bertz CT molecular complexity index is 228. The van der Waals surface area contributed by atoms with Crippen LogP contribution in [-0.2, 0) is 10.0 Å². The molecule has 0 saturated carbocycles. The van der Waals surface area contributed by atoms with E-state index in [1.807, 2.05) is 13.8 Å². The average molecular weight is 228 g/mol. The van der Waals surface area contributed by atoms with E-state index in [1.165, 1.54) is 4.31 Å². The molecule has 0 spiro atoms. The maximum atomic E-state index is 11.6. The van der Waals surface area contributed by atoms with Crippen LogP contribution in [-0.4, -0.2) is 37.9 Å². The van der Waals surface area contributed by atoms with Crippen molar-refractivity contribution in [3.8, 4) is 0 Å². The first-order valence-electron chi connectivity index (χ1n) is 4.44. The SMILES string of the molecule is CCCN(C)S(=O)(=O)CC(C)CCl. The van der Waals surface area contributed by atoms with Crippen molar-refractivity contribution in [1.29, 1.82) is 0 Å². The highest BCUT2D eigenvalue weighted by atomic mass is 35.5. The van der Waals surface area contributed by atoms with Gasteiger partial charge in [0.1, 0.15) is 0 Å². The number of hydrogen-bond acceptors (Lipinski definition) is 2. The van der Waals surface area contributed by atoms with Crippen molar-refractivity contribution in [2.45, 2.75) is 20.3 Å². The van der Waals surface area contributed by atoms with Gasteiger partial charge in [0.15, 0.2) is 0 Å². The van der Waals surface area contributed by atoms with Crippen LogP contribution < -0.4 is 0 Å². The second kappa shape index (κ2) is 5.83. The lowest BCUT2D eigenvalue weighted by atomic mass is 10.3. The number of halogens is 1. The third-order valence-electron chi connectivity index (χ3n) is 1.77. The van der Waals surface area contributed by atoms with E-state index < -0.39 is 10.0 Å². The summed E-state index contributed by atoms with van der Waals surface area (Å²) in [7, 11) is -1.47. The Balaban J connectivity index is 4.23. The number of alkyl halides is 1. The lowest BCUT2D eigenvalue weighted by Crippen LogP contribution is -2.32. The van der Waals surface area contributed by atoms with Crippen molar-refractivity contribution < 1.29 is 8.42 Å². The average Bonchev–Trinajstić information content (AvgIpc) is 2.04. The zero-order valence-electron chi connectivity index (χ0n) is 8.46. The van der Waals surface area contributed by atoms with Crippen molar-refractivity contribution in [2.24, 2.45) is 5.92 Å². The van der Waals surface area contributed by atoms with E-state index in [2.05, 4.69) is 0 Å². The van der Waals surface area contributed by atoms with E-state index in [0.29, 0.717) is 12.4 Å². The van der Waals surface area contributed by atoms with Crippen LogP contribution in [0.1, 0.15) is 20.3 Å². The molecule has 0 rings (SSSR count). The molecule has 0 N–H and O–H groups in total. The number of nitrogens with zero attached hydrogens (tertiary/aromatic N) is 1. The Morgan fingerprint density at radius 3 is 2.38 bits per heavy atom. The fourth-order valence-electron chi connectivity index (χ4n) is 0.985. The number of hydrogen-bond donors (Lipinski definition) is 0. The molecular formula is C8H18ClNO2S. The first-order chi connectivity index (χ1) is 5.94. The summed E-state index contributed by atoms with van der Waals surface area (Å²) in [6.45, 7) is 4.37. The molecule has 0 bridgehead atoms. The molecule has 0 fully saturated rings. The van der Waals surface area contributed by atoms with Crippen LogP contribution in [0.2, 0.25) is 0 Å². The minimum absolute atomic E-state index is 0.0194. The molecule has 0 radical (unpaired) electrons. The van der Waals surface area contributed by atoms with Gasteiger partial charge in [-0.25, -0.2) is 12.7 Å². The van der Waals surface area contributed by atoms with E-state index in [1.54, 1.807) is 7.05 Å². The fraction of sp³-hybridized carbons (Fsp3) is 1.00. The molecule has 1 unspecified atom stereocenters. The Kier molecular flexibility index (Phi) is 5.92. The normalized spacial score (nSPS) is 14.8. The second-order valence-corrected chi connectivity index (χ2v) is 5.79. The van der Waals surface area contributed by atoms with Gasteiger partial charge in [0, 0.05) is 19.5 Å². The molecule has 0 aliphatic carbocycles. The van der Waals surface area contributed by atoms with E-state index in [9.17, 15) is 8.42 Å². The summed E-state index contributed by atoms with van der Waals surface area (Å²) in [4.78, 5) is 0. The summed E-state index contributed by atoms with van der Waals surface area (Å²) in [5.74, 6) is 0.553. The Morgan fingerprint density at radius 1 is 1.46 bits per heavy atom. The number of rotatable bonds is 6. The third-order valence-corrected chi connectivity index (χ3v) is 4.42. The lowest BCUT2D eigenvalue weighted by Gasteiger charge is -2.17. The van der Waals surface area contributed by atoms with Crippen LogP contribution in [0.15, 0.2) is 0 Å². The van der Waals surface area contributed by atoms with Crippen LogP contribution in [0.5, 0.6) is 0 Å². The van der Waals surface area contributed by atoms with Gasteiger partial charge in [-0.15, -0.1) is 11.6 Å². The van der Waals surface area contributed by atoms with Gasteiger partial charge < -0.3 is 0 Å². The van der Waals surface area contributed by atoms with Crippen LogP contribution in [0.25, 0.3) is 0 Å². The fourth-order valence-corrected chi connectivity index (χ4v) is 2.78. The van der Waals surface area contributed by atoms with Gasteiger partial charge in [-0.2, -0.15) is 0 Å². The highest BCUT2D eigenvalue weighted by Gasteiger charge is 2.19. The maximum Gasteiger partial charge on any atom is 0.214 e. The predicted octanol–water partition coefficient (Wildman–Crippen LogP) is 1.53. The highest BCUT2D eigenvalue weighted by molar-refractivity contribution is 7.89. The summed E-state index contributed by atoms with van der Waals surface area (Å²) in [6, 6.07) is 0. The van der Waals surface area contributed by atoms with Gasteiger partial charge in [-0.1, -0.05) is 13.8 Å². The van der Waals surface area contributed by atoms with Gasteiger partial charge in [0.05, 0.1) is 5.75 Å². The van der Waals surface area contributed by atoms with E-state index in [-0.39, 0.29) is 11.7 Å². The molecule has 13 heavy (non-hydrogen) atoms. The predicted molar refractivity (Wildman–Crippen MR) is 56.6 cm³/mol. The Morgan fingerprint density at radius 2 is 2.00 bits per heavy atom. The summed E-state index contributed by atoms with van der Waals surface area (Å²) in [5.41, 5.74) is 0. The van der Waals surface area contributed by atoms with Gasteiger partial charge in [-0.3, -0.25) is 0 Å². The largest absolute Gasteiger partial charge is 0.214 e. The summed E-state index contributed by atoms with van der Waals surface area (Å²) in [6.07, 6.45) is 0.838. The molecule has 0 amide bonds. The molecule has 0 aromatic heterocycles. The monoisotopic (exact) mass is 227 g/mol. The molecular weight excluding hydrogens is 210 g/mol. The zero-order chi connectivity index (χ0) is 10.5. The molecule has 5 heteroatoms. The first-order valence-corrected chi connectivity index (χ1v) is 6.58. The summed E-state index contributed by atoms with van der Waals surface area (Å²) >= 11 is 5.56. The minimum Gasteiger partial charge on any atom is -0.212 e. The standard InChI is InChI=1S/C8H18ClNO2S/c1-4-5-10(3)13(11,12)7-8(2)6-9/h8H,4-7H2,1-3H3. The Hall–Kier alpha value is 0.200.